The Morgan fingerprint density at radius 1 is 1.36 bits per heavy atom. The Morgan fingerprint density at radius 3 is 2.93 bits per heavy atom. The maximum Gasteiger partial charge on any atom is 0.208 e. The minimum absolute atomic E-state index is 0.483. The van der Waals surface area contributed by atoms with Crippen LogP contribution in [0.25, 0.3) is 0 Å². The van der Waals surface area contributed by atoms with Gasteiger partial charge in [-0.15, -0.1) is 11.3 Å². The topological polar surface area (TPSA) is 38.1 Å². The van der Waals surface area contributed by atoms with Gasteiger partial charge < -0.3 is 0 Å². The molecule has 0 bridgehead atoms. The summed E-state index contributed by atoms with van der Waals surface area (Å²) in [7, 11) is 0. The van der Waals surface area contributed by atoms with Crippen molar-refractivity contribution in [1.29, 1.82) is 0 Å². The van der Waals surface area contributed by atoms with E-state index in [1.54, 1.807) is 24.7 Å². The van der Waals surface area contributed by atoms with Gasteiger partial charge in [0, 0.05) is 29.6 Å². The fourth-order valence-electron chi connectivity index (χ4n) is 0.873. The molecule has 0 aliphatic carbocycles. The van der Waals surface area contributed by atoms with Crippen LogP contribution >= 0.6 is 22.9 Å². The van der Waals surface area contributed by atoms with Gasteiger partial charge in [0.25, 0.3) is 0 Å². The van der Waals surface area contributed by atoms with Crippen molar-refractivity contribution < 1.29 is 0 Å². The number of halogens is 1. The number of aromatic nitrogens is 2. The maximum atomic E-state index is 5.65. The van der Waals surface area contributed by atoms with Gasteiger partial charge in [-0.2, -0.15) is 0 Å². The molecule has 0 N–H and O–H groups in total. The average Bonchev–Trinajstić information content (AvgIpc) is 2.70. The van der Waals surface area contributed by atoms with Crippen LogP contribution in [0.1, 0.15) is 5.56 Å². The van der Waals surface area contributed by atoms with Crippen molar-refractivity contribution in [3.63, 3.8) is 0 Å². The highest BCUT2D eigenvalue weighted by Gasteiger charge is 1.91. The first-order valence-corrected chi connectivity index (χ1v) is 5.15. The minimum Gasteiger partial charge on any atom is -0.244 e. The van der Waals surface area contributed by atoms with Crippen LogP contribution in [-0.4, -0.2) is 16.2 Å². The molecule has 0 saturated carbocycles. The van der Waals surface area contributed by atoms with Crippen LogP contribution in [0.3, 0.4) is 0 Å². The molecule has 0 saturated heterocycles. The van der Waals surface area contributed by atoms with E-state index < -0.39 is 0 Å². The molecule has 3 nitrogen and oxygen atoms in total. The van der Waals surface area contributed by atoms with E-state index in [1.807, 2.05) is 11.4 Å². The second-order valence-electron chi connectivity index (χ2n) is 2.49. The normalized spacial score (nSPS) is 10.9. The SMILES string of the molecule is Clc1ccc(C=Nc2nccs2)cn1. The van der Waals surface area contributed by atoms with E-state index in [0.717, 1.165) is 10.7 Å². The zero-order valence-corrected chi connectivity index (χ0v) is 8.66. The van der Waals surface area contributed by atoms with Gasteiger partial charge in [0.05, 0.1) is 0 Å². The number of rotatable bonds is 2. The first kappa shape index (κ1) is 9.30. The van der Waals surface area contributed by atoms with Gasteiger partial charge in [0.1, 0.15) is 5.15 Å². The van der Waals surface area contributed by atoms with Crippen LogP contribution in [0.4, 0.5) is 5.13 Å². The third-order valence-corrected chi connectivity index (χ3v) is 2.40. The molecule has 70 valence electrons. The van der Waals surface area contributed by atoms with E-state index in [1.165, 1.54) is 11.3 Å². The van der Waals surface area contributed by atoms with Crippen molar-refractivity contribution in [1.82, 2.24) is 9.97 Å². The molecule has 0 radical (unpaired) electrons. The third-order valence-electron chi connectivity index (χ3n) is 1.49. The largest absolute Gasteiger partial charge is 0.244 e. The predicted octanol–water partition coefficient (Wildman–Crippen LogP) is 2.94. The average molecular weight is 224 g/mol. The molecular weight excluding hydrogens is 218 g/mol. The second-order valence-corrected chi connectivity index (χ2v) is 3.75. The summed E-state index contributed by atoms with van der Waals surface area (Å²) in [6.07, 6.45) is 5.10. The molecule has 0 aliphatic rings. The first-order valence-electron chi connectivity index (χ1n) is 3.90. The summed E-state index contributed by atoms with van der Waals surface area (Å²) in [6.45, 7) is 0. The Hall–Kier alpha value is -1.26. The van der Waals surface area contributed by atoms with Crippen molar-refractivity contribution in [2.75, 3.05) is 0 Å². The molecule has 2 heterocycles. The fraction of sp³-hybridized carbons (Fsp3) is 0. The molecule has 0 aliphatic heterocycles. The van der Waals surface area contributed by atoms with Crippen LogP contribution in [-0.2, 0) is 0 Å². The van der Waals surface area contributed by atoms with Crippen LogP contribution in [0, 0.1) is 0 Å². The quantitative estimate of drug-likeness (QED) is 0.580. The van der Waals surface area contributed by atoms with E-state index in [9.17, 15) is 0 Å². The summed E-state index contributed by atoms with van der Waals surface area (Å²) in [4.78, 5) is 12.1. The Bertz CT molecular complexity index is 422. The molecule has 0 unspecified atom stereocenters. The Labute approximate surface area is 90.1 Å². The summed E-state index contributed by atoms with van der Waals surface area (Å²) in [5.41, 5.74) is 0.907. The lowest BCUT2D eigenvalue weighted by Gasteiger charge is -1.90. The van der Waals surface area contributed by atoms with E-state index in [4.69, 9.17) is 11.6 Å². The number of thiazole rings is 1. The molecule has 2 aromatic rings. The maximum absolute atomic E-state index is 5.65. The highest BCUT2D eigenvalue weighted by Crippen LogP contribution is 2.14. The number of nitrogens with zero attached hydrogens (tertiary/aromatic N) is 3. The van der Waals surface area contributed by atoms with Crippen molar-refractivity contribution in [3.8, 4) is 0 Å². The molecule has 0 aromatic carbocycles. The van der Waals surface area contributed by atoms with Gasteiger partial charge in [0.15, 0.2) is 0 Å². The number of hydrogen-bond donors (Lipinski definition) is 0. The van der Waals surface area contributed by atoms with Crippen LogP contribution in [0.2, 0.25) is 5.15 Å². The van der Waals surface area contributed by atoms with Gasteiger partial charge in [0.2, 0.25) is 5.13 Å². The van der Waals surface area contributed by atoms with E-state index in [0.29, 0.717) is 5.15 Å². The van der Waals surface area contributed by atoms with Gasteiger partial charge in [-0.3, -0.25) is 0 Å². The third kappa shape index (κ3) is 2.37. The van der Waals surface area contributed by atoms with Crippen LogP contribution in [0.5, 0.6) is 0 Å². The highest BCUT2D eigenvalue weighted by atomic mass is 35.5. The van der Waals surface area contributed by atoms with E-state index in [-0.39, 0.29) is 0 Å². The predicted molar refractivity (Wildman–Crippen MR) is 58.6 cm³/mol. The Morgan fingerprint density at radius 2 is 2.29 bits per heavy atom. The molecule has 2 rings (SSSR count). The first-order chi connectivity index (χ1) is 6.84. The number of hydrogen-bond acceptors (Lipinski definition) is 4. The molecule has 14 heavy (non-hydrogen) atoms. The summed E-state index contributed by atoms with van der Waals surface area (Å²) in [6, 6.07) is 3.58. The lowest BCUT2D eigenvalue weighted by Crippen LogP contribution is -1.82. The molecule has 0 spiro atoms. The zero-order valence-electron chi connectivity index (χ0n) is 7.09. The van der Waals surface area contributed by atoms with E-state index in [2.05, 4.69) is 15.0 Å². The van der Waals surface area contributed by atoms with Crippen LogP contribution in [0.15, 0.2) is 34.9 Å². The van der Waals surface area contributed by atoms with Crippen LogP contribution < -0.4 is 0 Å². The number of pyridine rings is 1. The zero-order chi connectivity index (χ0) is 9.80. The van der Waals surface area contributed by atoms with Crippen molar-refractivity contribution in [3.05, 3.63) is 40.6 Å². The molecule has 5 heteroatoms. The minimum atomic E-state index is 0.483. The van der Waals surface area contributed by atoms with Gasteiger partial charge >= 0.3 is 0 Å². The monoisotopic (exact) mass is 223 g/mol. The molecule has 2 aromatic heterocycles. The number of aliphatic imine (C=N–C) groups is 1. The lowest BCUT2D eigenvalue weighted by atomic mass is 10.3. The van der Waals surface area contributed by atoms with Gasteiger partial charge in [-0.1, -0.05) is 11.6 Å². The summed E-state index contributed by atoms with van der Waals surface area (Å²) < 4.78 is 0. The lowest BCUT2D eigenvalue weighted by molar-refractivity contribution is 1.31. The molecular formula is C9H6ClN3S. The standard InChI is InChI=1S/C9H6ClN3S/c10-8-2-1-7(5-12-8)6-13-9-11-3-4-14-9/h1-6H. The summed E-state index contributed by atoms with van der Waals surface area (Å²) >= 11 is 7.14. The van der Waals surface area contributed by atoms with Crippen molar-refractivity contribution >= 4 is 34.3 Å². The summed E-state index contributed by atoms with van der Waals surface area (Å²) in [5, 5.41) is 3.10. The molecule has 0 fully saturated rings. The van der Waals surface area contributed by atoms with Gasteiger partial charge in [-0.25, -0.2) is 15.0 Å². The fourth-order valence-corrected chi connectivity index (χ4v) is 1.46. The summed E-state index contributed by atoms with van der Waals surface area (Å²) in [5.74, 6) is 0. The van der Waals surface area contributed by atoms with Gasteiger partial charge in [-0.05, 0) is 12.1 Å². The second kappa shape index (κ2) is 4.30. The molecule has 0 atom stereocenters. The smallest absolute Gasteiger partial charge is 0.208 e. The van der Waals surface area contributed by atoms with Crippen molar-refractivity contribution in [2.24, 2.45) is 4.99 Å². The molecule has 0 amide bonds. The Kier molecular flexibility index (Phi) is 2.86. The van der Waals surface area contributed by atoms with Crippen molar-refractivity contribution in [2.45, 2.75) is 0 Å². The Balaban J connectivity index is 2.15. The highest BCUT2D eigenvalue weighted by molar-refractivity contribution is 7.13. The van der Waals surface area contributed by atoms with E-state index >= 15 is 0 Å².